The fourth-order valence-corrected chi connectivity index (χ4v) is 2.06. The number of allylic oxidation sites excluding steroid dienone is 1. The molecule has 6 nitrogen and oxygen atoms in total. The number of fused-ring (bicyclic) bond motifs is 1. The maximum Gasteiger partial charge on any atom is 0.157 e. The van der Waals surface area contributed by atoms with Crippen LogP contribution in [-0.4, -0.2) is 39.1 Å². The van der Waals surface area contributed by atoms with Crippen molar-refractivity contribution >= 4 is 28.2 Å². The largest absolute Gasteiger partial charge is 0.335 e. The molecule has 2 heterocycles. The summed E-state index contributed by atoms with van der Waals surface area (Å²) in [6, 6.07) is 0. The second-order valence-corrected chi connectivity index (χ2v) is 4.67. The molecule has 3 N–H and O–H groups in total. The van der Waals surface area contributed by atoms with E-state index in [2.05, 4.69) is 26.5 Å². The molecule has 0 spiro atoms. The molecule has 2 rings (SSSR count). The molecule has 0 radical (unpaired) electrons. The van der Waals surface area contributed by atoms with Gasteiger partial charge in [0.05, 0.1) is 11.7 Å². The lowest BCUT2D eigenvalue weighted by molar-refractivity contribution is 1.23. The lowest BCUT2D eigenvalue weighted by Gasteiger charge is -2.02. The number of nitrogens with zero attached hydrogens (tertiary/aromatic N) is 3. The van der Waals surface area contributed by atoms with E-state index in [1.807, 2.05) is 6.92 Å². The van der Waals surface area contributed by atoms with Crippen LogP contribution in [0, 0.1) is 10.8 Å². The van der Waals surface area contributed by atoms with Gasteiger partial charge in [-0.3, -0.25) is 15.4 Å². The van der Waals surface area contributed by atoms with Gasteiger partial charge in [-0.05, 0) is 13.3 Å². The zero-order valence-electron chi connectivity index (χ0n) is 12.4. The molecule has 0 aromatic carbocycles. The fourth-order valence-electron chi connectivity index (χ4n) is 2.06. The Morgan fingerprint density at radius 2 is 2.10 bits per heavy atom. The summed E-state index contributed by atoms with van der Waals surface area (Å²) >= 11 is 0. The number of aromatic nitrogens is 3. The van der Waals surface area contributed by atoms with Gasteiger partial charge in [-0.15, -0.1) is 0 Å². The van der Waals surface area contributed by atoms with Crippen molar-refractivity contribution in [2.75, 3.05) is 7.05 Å². The number of aromatic amines is 1. The van der Waals surface area contributed by atoms with E-state index < -0.39 is 0 Å². The van der Waals surface area contributed by atoms with Crippen molar-refractivity contribution in [3.63, 3.8) is 0 Å². The summed E-state index contributed by atoms with van der Waals surface area (Å²) in [5.41, 5.74) is 3.99. The molecule has 21 heavy (non-hydrogen) atoms. The Hall–Kier alpha value is -2.63. The molecule has 0 aliphatic heterocycles. The molecule has 0 fully saturated rings. The average molecular weight is 282 g/mol. The van der Waals surface area contributed by atoms with Crippen molar-refractivity contribution in [1.29, 1.82) is 10.8 Å². The van der Waals surface area contributed by atoms with Crippen LogP contribution in [0.3, 0.4) is 0 Å². The Morgan fingerprint density at radius 1 is 1.38 bits per heavy atom. The highest BCUT2D eigenvalue weighted by atomic mass is 14.9. The van der Waals surface area contributed by atoms with Crippen LogP contribution in [0.2, 0.25) is 0 Å². The molecule has 108 valence electrons. The highest BCUT2D eigenvalue weighted by Gasteiger charge is 2.16. The van der Waals surface area contributed by atoms with Gasteiger partial charge in [0.25, 0.3) is 0 Å². The molecular weight excluding hydrogens is 264 g/mol. The highest BCUT2D eigenvalue weighted by molar-refractivity contribution is 6.26. The van der Waals surface area contributed by atoms with E-state index in [1.165, 1.54) is 0 Å². The number of rotatable bonds is 5. The summed E-state index contributed by atoms with van der Waals surface area (Å²) in [7, 11) is 1.74. The monoisotopic (exact) mass is 282 g/mol. The summed E-state index contributed by atoms with van der Waals surface area (Å²) in [6.07, 6.45) is 4.19. The van der Waals surface area contributed by atoms with E-state index in [0.29, 0.717) is 11.4 Å². The molecule has 0 unspecified atom stereocenters. The van der Waals surface area contributed by atoms with E-state index >= 15 is 0 Å². The Kier molecular flexibility index (Phi) is 4.07. The van der Waals surface area contributed by atoms with Gasteiger partial charge in [0.15, 0.2) is 5.82 Å². The van der Waals surface area contributed by atoms with E-state index in [-0.39, 0.29) is 11.4 Å². The van der Waals surface area contributed by atoms with Gasteiger partial charge in [0, 0.05) is 35.8 Å². The first-order valence-electron chi connectivity index (χ1n) is 6.63. The third-order valence-corrected chi connectivity index (χ3v) is 3.30. The van der Waals surface area contributed by atoms with Crippen molar-refractivity contribution in [2.24, 2.45) is 4.99 Å². The molecule has 0 bridgehead atoms. The third kappa shape index (κ3) is 2.65. The topological polar surface area (TPSA) is 102 Å². The van der Waals surface area contributed by atoms with Crippen LogP contribution in [0.1, 0.15) is 31.7 Å². The van der Waals surface area contributed by atoms with Gasteiger partial charge in [0.2, 0.25) is 0 Å². The predicted octanol–water partition coefficient (Wildman–Crippen LogP) is 2.75. The number of nitrogens with one attached hydrogen (secondary N) is 3. The van der Waals surface area contributed by atoms with Crippen molar-refractivity contribution in [3.05, 3.63) is 35.9 Å². The lowest BCUT2D eigenvalue weighted by Crippen LogP contribution is -2.10. The summed E-state index contributed by atoms with van der Waals surface area (Å²) < 4.78 is 0. The van der Waals surface area contributed by atoms with Crippen molar-refractivity contribution in [2.45, 2.75) is 20.3 Å². The molecule has 0 saturated heterocycles. The zero-order valence-corrected chi connectivity index (χ0v) is 12.4. The van der Waals surface area contributed by atoms with Crippen molar-refractivity contribution in [3.8, 4) is 0 Å². The van der Waals surface area contributed by atoms with Crippen LogP contribution in [-0.2, 0) is 0 Å². The Morgan fingerprint density at radius 3 is 2.67 bits per heavy atom. The third-order valence-electron chi connectivity index (χ3n) is 3.30. The maximum absolute atomic E-state index is 8.08. The fraction of sp³-hybridized carbons (Fsp3) is 0.267. The quantitative estimate of drug-likeness (QED) is 0.734. The SMILES string of the molecule is C=C(C(C)=N)C(=N)c1nc2c(C(CC)=NC)cncc2[nH]1. The molecule has 0 saturated carbocycles. The van der Waals surface area contributed by atoms with Crippen LogP contribution >= 0.6 is 0 Å². The van der Waals surface area contributed by atoms with Gasteiger partial charge in [0.1, 0.15) is 11.2 Å². The number of aliphatic imine (C=N–C) groups is 1. The van der Waals surface area contributed by atoms with Crippen LogP contribution in [0.25, 0.3) is 11.0 Å². The Bertz CT molecular complexity index is 766. The van der Waals surface area contributed by atoms with Crippen LogP contribution < -0.4 is 0 Å². The van der Waals surface area contributed by atoms with Gasteiger partial charge < -0.3 is 10.4 Å². The number of hydrogen-bond acceptors (Lipinski definition) is 5. The van der Waals surface area contributed by atoms with E-state index in [1.54, 1.807) is 26.4 Å². The maximum atomic E-state index is 8.08. The van der Waals surface area contributed by atoms with Crippen LogP contribution in [0.4, 0.5) is 0 Å². The summed E-state index contributed by atoms with van der Waals surface area (Å²) in [6.45, 7) is 7.37. The Labute approximate surface area is 123 Å². The molecule has 2 aromatic rings. The molecule has 0 aliphatic rings. The highest BCUT2D eigenvalue weighted by Crippen LogP contribution is 2.18. The number of H-pyrrole nitrogens is 1. The zero-order chi connectivity index (χ0) is 15.6. The van der Waals surface area contributed by atoms with E-state index in [4.69, 9.17) is 10.8 Å². The smallest absolute Gasteiger partial charge is 0.157 e. The van der Waals surface area contributed by atoms with Gasteiger partial charge in [-0.1, -0.05) is 13.5 Å². The number of imidazole rings is 1. The lowest BCUT2D eigenvalue weighted by atomic mass is 10.1. The minimum Gasteiger partial charge on any atom is -0.335 e. The summed E-state index contributed by atoms with van der Waals surface area (Å²) in [5, 5.41) is 15.7. The first-order valence-corrected chi connectivity index (χ1v) is 6.63. The summed E-state index contributed by atoms with van der Waals surface area (Å²) in [4.78, 5) is 16.0. The van der Waals surface area contributed by atoms with E-state index in [0.717, 1.165) is 28.7 Å². The normalized spacial score (nSPS) is 11.7. The molecular formula is C15H18N6. The molecule has 0 atom stereocenters. The first kappa shape index (κ1) is 14.8. The average Bonchev–Trinajstić information content (AvgIpc) is 2.91. The van der Waals surface area contributed by atoms with E-state index in [9.17, 15) is 0 Å². The standard InChI is InChI=1S/C15H18N6/c1-5-11(18-4)10-6-19-7-12-14(10)21-15(20-12)13(17)8(2)9(3)16/h6-7,16-17H,2,5H2,1,3-4H3,(H,20,21). The second kappa shape index (κ2) is 5.78. The number of hydrogen-bond donors (Lipinski definition) is 3. The molecule has 0 aliphatic carbocycles. The molecule has 2 aromatic heterocycles. The Balaban J connectivity index is 2.57. The van der Waals surface area contributed by atoms with Gasteiger partial charge >= 0.3 is 0 Å². The number of pyridine rings is 1. The minimum absolute atomic E-state index is 0.121. The molecule has 6 heteroatoms. The molecule has 0 amide bonds. The van der Waals surface area contributed by atoms with Gasteiger partial charge in [-0.25, -0.2) is 4.98 Å². The minimum atomic E-state index is 0.121. The first-order chi connectivity index (χ1) is 9.99. The second-order valence-electron chi connectivity index (χ2n) is 4.67. The van der Waals surface area contributed by atoms with Gasteiger partial charge in [-0.2, -0.15) is 0 Å². The summed E-state index contributed by atoms with van der Waals surface area (Å²) in [5.74, 6) is 0.391. The van der Waals surface area contributed by atoms with Crippen molar-refractivity contribution in [1.82, 2.24) is 15.0 Å². The van der Waals surface area contributed by atoms with Crippen molar-refractivity contribution < 1.29 is 0 Å². The predicted molar refractivity (Wildman–Crippen MR) is 86.0 cm³/mol. The van der Waals surface area contributed by atoms with Crippen LogP contribution in [0.5, 0.6) is 0 Å². The van der Waals surface area contributed by atoms with Crippen LogP contribution in [0.15, 0.2) is 29.5 Å².